The Hall–Kier alpha value is -11.1. The van der Waals surface area contributed by atoms with Gasteiger partial charge in [0.05, 0.1) is 22.3 Å². The fraction of sp³-hybridized carbons (Fsp3) is 0.111. The first-order chi connectivity index (χ1) is 42.3. The largest absolute Gasteiger partial charge is 0.485 e. The topological polar surface area (TPSA) is 161 Å². The maximum absolute atomic E-state index is 14.0. The fourth-order valence-corrected chi connectivity index (χ4v) is 8.64. The molecule has 0 heterocycles. The van der Waals surface area contributed by atoms with Crippen molar-refractivity contribution in [2.75, 3.05) is 13.2 Å². The normalized spacial score (nSPS) is 10.7. The second-order valence-corrected chi connectivity index (χ2v) is 19.4. The Kier molecular flexibility index (Phi) is 20.1. The minimum Gasteiger partial charge on any atom is -0.485 e. The van der Waals surface area contributed by atoms with Gasteiger partial charge < -0.3 is 47.4 Å². The van der Waals surface area contributed by atoms with E-state index in [0.717, 1.165) is 33.4 Å². The number of benzene rings is 10. The van der Waals surface area contributed by atoms with Gasteiger partial charge in [-0.2, -0.15) is 0 Å². The van der Waals surface area contributed by atoms with Gasteiger partial charge in [0.1, 0.15) is 64.4 Å². The molecule has 0 N–H and O–H groups in total. The van der Waals surface area contributed by atoms with Crippen LogP contribution in [-0.2, 0) is 49.1 Å². The summed E-state index contributed by atoms with van der Waals surface area (Å²) in [5, 5.41) is 0. The first-order valence-electron chi connectivity index (χ1n) is 27.6. The van der Waals surface area contributed by atoms with E-state index < -0.39 is 23.9 Å². The third kappa shape index (κ3) is 16.8. The van der Waals surface area contributed by atoms with E-state index in [0.29, 0.717) is 11.5 Å². The van der Waals surface area contributed by atoms with Gasteiger partial charge >= 0.3 is 23.9 Å². The van der Waals surface area contributed by atoms with Gasteiger partial charge in [0, 0.05) is 0 Å². The van der Waals surface area contributed by atoms with E-state index in [-0.39, 0.29) is 110 Å². The Bertz CT molecular complexity index is 3460. The molecule has 0 amide bonds. The van der Waals surface area contributed by atoms with Crippen LogP contribution >= 0.6 is 0 Å². The average Bonchev–Trinajstić information content (AvgIpc) is 3.55. The van der Waals surface area contributed by atoms with Crippen molar-refractivity contribution in [2.45, 2.75) is 39.6 Å². The quantitative estimate of drug-likeness (QED) is 0.0272. The Morgan fingerprint density at radius 1 is 0.244 bits per heavy atom. The van der Waals surface area contributed by atoms with Crippen molar-refractivity contribution in [1.82, 2.24) is 0 Å². The molecule has 0 aromatic heterocycles. The SMILES string of the molecule is O=C(OCCOC(=O)c1cccc(OC(=O)c2cc(OCc3ccccc3)c(OCc3ccccc3)c(OCc3ccccc3)c2)c1)c1cccc(OC(=O)c2cc(OCc3ccccc3)c(OCc3ccccc3)c(OCc3ccccc3)c2)c1. The van der Waals surface area contributed by atoms with Crippen LogP contribution in [0.15, 0.2) is 255 Å². The third-order valence-corrected chi connectivity index (χ3v) is 13.0. The van der Waals surface area contributed by atoms with E-state index in [4.69, 9.17) is 47.4 Å². The van der Waals surface area contributed by atoms with Crippen LogP contribution in [0.3, 0.4) is 0 Å². The Morgan fingerprint density at radius 2 is 0.500 bits per heavy atom. The molecule has 0 radical (unpaired) electrons. The van der Waals surface area contributed by atoms with E-state index in [1.165, 1.54) is 72.8 Å². The van der Waals surface area contributed by atoms with Crippen LogP contribution in [0.25, 0.3) is 0 Å². The number of ether oxygens (including phenoxy) is 10. The van der Waals surface area contributed by atoms with Crippen LogP contribution in [0.2, 0.25) is 0 Å². The predicted octanol–water partition coefficient (Wildman–Crippen LogP) is 14.6. The first kappa shape index (κ1) is 58.1. The molecule has 0 aliphatic heterocycles. The highest BCUT2D eigenvalue weighted by Crippen LogP contribution is 2.42. The molecule has 14 heteroatoms. The molecule has 10 aromatic rings. The summed E-state index contributed by atoms with van der Waals surface area (Å²) in [5.74, 6) is -1.36. The molecule has 0 fully saturated rings. The molecule has 0 bridgehead atoms. The predicted molar refractivity (Wildman–Crippen MR) is 321 cm³/mol. The van der Waals surface area contributed by atoms with Gasteiger partial charge in [-0.25, -0.2) is 19.2 Å². The molecule has 0 aliphatic rings. The monoisotopic (exact) mass is 1150 g/mol. The molecule has 0 saturated heterocycles. The Labute approximate surface area is 497 Å². The van der Waals surface area contributed by atoms with Gasteiger partial charge in [-0.3, -0.25) is 0 Å². The standard InChI is InChI=1S/C72H58O14/c73-69(57-33-19-35-61(39-57)85-71(75)59-41-63(79-45-51-21-7-1-8-22-51)67(83-49-55-29-15-5-16-30-55)64(42-59)80-46-52-23-9-2-10-24-52)77-37-38-78-70(74)58-34-20-36-62(40-58)86-72(76)60-43-65(81-47-53-25-11-3-12-26-53)68(84-50-56-31-17-6-18-32-56)66(44-60)82-48-54-27-13-4-14-28-54/h1-36,39-44H,37-38,45-50H2. The summed E-state index contributed by atoms with van der Waals surface area (Å²) >= 11 is 0. The maximum atomic E-state index is 14.0. The molecule has 430 valence electrons. The van der Waals surface area contributed by atoms with Crippen molar-refractivity contribution in [2.24, 2.45) is 0 Å². The number of carbonyl (C=O) groups is 4. The van der Waals surface area contributed by atoms with Gasteiger partial charge in [-0.15, -0.1) is 0 Å². The van der Waals surface area contributed by atoms with Gasteiger partial charge in [0.2, 0.25) is 11.5 Å². The average molecular weight is 1150 g/mol. The van der Waals surface area contributed by atoms with E-state index in [9.17, 15) is 19.2 Å². The summed E-state index contributed by atoms with van der Waals surface area (Å²) in [6.45, 7) is 0.426. The van der Waals surface area contributed by atoms with Crippen molar-refractivity contribution < 1.29 is 66.5 Å². The van der Waals surface area contributed by atoms with Gasteiger partial charge in [0.25, 0.3) is 0 Å². The van der Waals surface area contributed by atoms with Crippen LogP contribution in [0.5, 0.6) is 46.0 Å². The fourth-order valence-electron chi connectivity index (χ4n) is 8.64. The van der Waals surface area contributed by atoms with Crippen molar-refractivity contribution in [3.63, 3.8) is 0 Å². The van der Waals surface area contributed by atoms with Crippen LogP contribution in [-0.4, -0.2) is 37.1 Å². The number of hydrogen-bond acceptors (Lipinski definition) is 14. The van der Waals surface area contributed by atoms with E-state index in [1.807, 2.05) is 182 Å². The highest BCUT2D eigenvalue weighted by Gasteiger charge is 2.24. The summed E-state index contributed by atoms with van der Waals surface area (Å²) < 4.78 is 60.7. The van der Waals surface area contributed by atoms with E-state index >= 15 is 0 Å². The van der Waals surface area contributed by atoms with Crippen molar-refractivity contribution in [1.29, 1.82) is 0 Å². The minimum atomic E-state index is -0.765. The molecular formula is C72H58O14. The van der Waals surface area contributed by atoms with E-state index in [1.54, 1.807) is 0 Å². The highest BCUT2D eigenvalue weighted by atomic mass is 16.6. The van der Waals surface area contributed by atoms with Crippen molar-refractivity contribution in [3.05, 3.63) is 310 Å². The molecule has 0 saturated carbocycles. The molecule has 10 aromatic carbocycles. The lowest BCUT2D eigenvalue weighted by molar-refractivity contribution is 0.0265. The molecule has 86 heavy (non-hydrogen) atoms. The number of carbonyl (C=O) groups excluding carboxylic acids is 4. The van der Waals surface area contributed by atoms with Crippen molar-refractivity contribution in [3.8, 4) is 46.0 Å². The first-order valence-corrected chi connectivity index (χ1v) is 27.6. The molecule has 14 nitrogen and oxygen atoms in total. The van der Waals surface area contributed by atoms with Crippen LogP contribution in [0.4, 0.5) is 0 Å². The summed E-state index contributed by atoms with van der Waals surface area (Å²) in [7, 11) is 0. The van der Waals surface area contributed by atoms with Gasteiger partial charge in [-0.05, 0) is 94.0 Å². The summed E-state index contributed by atoms with van der Waals surface area (Å²) in [4.78, 5) is 54.7. The second-order valence-electron chi connectivity index (χ2n) is 19.4. The molecular weight excluding hydrogens is 1090 g/mol. The van der Waals surface area contributed by atoms with Crippen molar-refractivity contribution >= 4 is 23.9 Å². The van der Waals surface area contributed by atoms with Gasteiger partial charge in [0.15, 0.2) is 23.0 Å². The Balaban J connectivity index is 0.778. The van der Waals surface area contributed by atoms with Crippen LogP contribution in [0.1, 0.15) is 74.8 Å². The number of rotatable bonds is 27. The third-order valence-electron chi connectivity index (χ3n) is 13.0. The lowest BCUT2D eigenvalue weighted by Crippen LogP contribution is -2.15. The summed E-state index contributed by atoms with van der Waals surface area (Å²) in [6.07, 6.45) is 0. The summed E-state index contributed by atoms with van der Waals surface area (Å²) in [6, 6.07) is 75.5. The zero-order chi connectivity index (χ0) is 59.1. The number of esters is 4. The molecule has 0 unspecified atom stereocenters. The lowest BCUT2D eigenvalue weighted by Gasteiger charge is -2.19. The zero-order valence-corrected chi connectivity index (χ0v) is 46.6. The smallest absolute Gasteiger partial charge is 0.343 e. The maximum Gasteiger partial charge on any atom is 0.343 e. The molecule has 0 spiro atoms. The molecule has 10 rings (SSSR count). The number of hydrogen-bond donors (Lipinski definition) is 0. The molecule has 0 aliphatic carbocycles. The van der Waals surface area contributed by atoms with Crippen LogP contribution < -0.4 is 37.9 Å². The van der Waals surface area contributed by atoms with E-state index in [2.05, 4.69) is 0 Å². The lowest BCUT2D eigenvalue weighted by atomic mass is 10.1. The Morgan fingerprint density at radius 3 is 0.767 bits per heavy atom. The molecule has 0 atom stereocenters. The van der Waals surface area contributed by atoms with Crippen LogP contribution in [0, 0.1) is 0 Å². The second kappa shape index (κ2) is 29.7. The summed E-state index contributed by atoms with van der Waals surface area (Å²) in [5.41, 5.74) is 5.70. The van der Waals surface area contributed by atoms with Gasteiger partial charge in [-0.1, -0.05) is 194 Å². The highest BCUT2D eigenvalue weighted by molar-refractivity contribution is 5.95. The zero-order valence-electron chi connectivity index (χ0n) is 46.6. The minimum absolute atomic E-state index is 0.0536.